The van der Waals surface area contributed by atoms with Crippen molar-refractivity contribution in [3.63, 3.8) is 0 Å². The second-order valence-corrected chi connectivity index (χ2v) is 7.17. The zero-order chi connectivity index (χ0) is 20.6. The van der Waals surface area contributed by atoms with Crippen molar-refractivity contribution in [3.8, 4) is 5.75 Å². The molecule has 2 aliphatic rings. The van der Waals surface area contributed by atoms with E-state index in [4.69, 9.17) is 9.47 Å². The van der Waals surface area contributed by atoms with Crippen molar-refractivity contribution in [1.29, 1.82) is 0 Å². The normalized spacial score (nSPS) is 18.8. The Balaban J connectivity index is 1.63. The van der Waals surface area contributed by atoms with E-state index >= 15 is 0 Å². The Kier molecular flexibility index (Phi) is 5.04. The topological polar surface area (TPSA) is 55.7 Å². The summed E-state index contributed by atoms with van der Waals surface area (Å²) < 4.78 is 50.3. The molecule has 1 saturated heterocycles. The van der Waals surface area contributed by atoms with E-state index in [9.17, 15) is 13.2 Å². The lowest BCUT2D eigenvalue weighted by molar-refractivity contribution is -0.137. The first-order valence-electron chi connectivity index (χ1n) is 9.25. The van der Waals surface area contributed by atoms with Gasteiger partial charge in [0.25, 0.3) is 0 Å². The Morgan fingerprint density at radius 2 is 2.14 bits per heavy atom. The fourth-order valence-electron chi connectivity index (χ4n) is 3.34. The first kappa shape index (κ1) is 19.4. The van der Waals surface area contributed by atoms with Gasteiger partial charge in [-0.2, -0.15) is 13.2 Å². The van der Waals surface area contributed by atoms with Crippen molar-refractivity contribution in [2.75, 3.05) is 19.8 Å². The second kappa shape index (κ2) is 7.51. The number of fused-ring (bicyclic) bond motifs is 1. The van der Waals surface area contributed by atoms with Crippen LogP contribution in [0.25, 0.3) is 5.70 Å². The number of hydrogen-bond donors (Lipinski definition) is 1. The number of ether oxygens (including phenoxy) is 2. The van der Waals surface area contributed by atoms with Crippen LogP contribution in [-0.2, 0) is 10.9 Å². The zero-order valence-electron chi connectivity index (χ0n) is 15.8. The van der Waals surface area contributed by atoms with Gasteiger partial charge in [-0.25, -0.2) is 4.99 Å². The molecule has 4 rings (SSSR count). The van der Waals surface area contributed by atoms with Gasteiger partial charge in [-0.3, -0.25) is 4.98 Å². The van der Waals surface area contributed by atoms with Crippen molar-refractivity contribution < 1.29 is 22.6 Å². The van der Waals surface area contributed by atoms with Gasteiger partial charge in [0.05, 0.1) is 24.5 Å². The van der Waals surface area contributed by atoms with E-state index in [0.29, 0.717) is 36.3 Å². The average molecular weight is 403 g/mol. The van der Waals surface area contributed by atoms with Crippen LogP contribution in [0.3, 0.4) is 0 Å². The Morgan fingerprint density at radius 1 is 1.31 bits per heavy atom. The Hall–Kier alpha value is -2.87. The van der Waals surface area contributed by atoms with Crippen molar-refractivity contribution in [1.82, 2.24) is 10.3 Å². The molecular weight excluding hydrogens is 383 g/mol. The van der Waals surface area contributed by atoms with Crippen molar-refractivity contribution >= 4 is 17.2 Å². The van der Waals surface area contributed by atoms with Gasteiger partial charge in [0, 0.05) is 30.0 Å². The minimum absolute atomic E-state index is 0.104. The van der Waals surface area contributed by atoms with Crippen LogP contribution in [0.2, 0.25) is 0 Å². The third kappa shape index (κ3) is 4.12. The highest BCUT2D eigenvalue weighted by Gasteiger charge is 2.31. The van der Waals surface area contributed by atoms with Crippen LogP contribution in [0, 0.1) is 12.8 Å². The summed E-state index contributed by atoms with van der Waals surface area (Å²) >= 11 is 0. The number of hydrogen-bond acceptors (Lipinski definition) is 5. The lowest BCUT2D eigenvalue weighted by Crippen LogP contribution is -2.27. The summed E-state index contributed by atoms with van der Waals surface area (Å²) in [5, 5.41) is 2.97. The maximum atomic E-state index is 13.0. The Bertz CT molecular complexity index is 980. The van der Waals surface area contributed by atoms with Gasteiger partial charge in [-0.1, -0.05) is 6.58 Å². The molecule has 0 amide bonds. The molecule has 0 bridgehead atoms. The largest absolute Gasteiger partial charge is 0.493 e. The number of aliphatic imine (C=N–C) groups is 1. The van der Waals surface area contributed by atoms with Crippen LogP contribution < -0.4 is 10.1 Å². The van der Waals surface area contributed by atoms with E-state index < -0.39 is 11.7 Å². The quantitative estimate of drug-likeness (QED) is 0.818. The minimum atomic E-state index is -4.45. The van der Waals surface area contributed by atoms with Gasteiger partial charge in [-0.15, -0.1) is 0 Å². The standard InChI is InChI=1S/C21H20F3N3O2/c1-12-7-16(29-11-14-4-6-28-10-14)9-17-13(2)26-20(27-19(12)17)18-8-15(3-5-25-18)21(22,23)24/h3,5,7-9,14H,2,4,6,10-11H2,1H3,(H,26,27). The maximum absolute atomic E-state index is 13.0. The van der Waals surface area contributed by atoms with Gasteiger partial charge in [-0.05, 0) is 43.2 Å². The summed E-state index contributed by atoms with van der Waals surface area (Å²) in [6.45, 7) is 7.92. The molecule has 0 radical (unpaired) electrons. The highest BCUT2D eigenvalue weighted by molar-refractivity contribution is 6.07. The summed E-state index contributed by atoms with van der Waals surface area (Å²) in [6.07, 6.45) is -2.35. The average Bonchev–Trinajstić information content (AvgIpc) is 3.20. The number of pyridine rings is 1. The van der Waals surface area contributed by atoms with Gasteiger partial charge in [0.2, 0.25) is 0 Å². The van der Waals surface area contributed by atoms with Crippen molar-refractivity contribution in [3.05, 3.63) is 59.4 Å². The van der Waals surface area contributed by atoms with Crippen LogP contribution in [0.15, 0.2) is 42.0 Å². The smallest absolute Gasteiger partial charge is 0.416 e. The third-order valence-electron chi connectivity index (χ3n) is 4.93. The SMILES string of the molecule is C=C1NC(c2cc(C(F)(F)F)ccn2)=Nc2c(C)cc(OCC3CCOC3)cc21. The van der Waals surface area contributed by atoms with Crippen LogP contribution in [0.4, 0.5) is 18.9 Å². The molecule has 5 nitrogen and oxygen atoms in total. The number of alkyl halides is 3. The van der Waals surface area contributed by atoms with E-state index in [1.807, 2.05) is 19.1 Å². The number of rotatable bonds is 4. The molecule has 1 aromatic carbocycles. The molecule has 8 heteroatoms. The Labute approximate surface area is 166 Å². The number of nitrogens with one attached hydrogen (secondary N) is 1. The zero-order valence-corrected chi connectivity index (χ0v) is 15.8. The third-order valence-corrected chi connectivity index (χ3v) is 4.93. The number of aromatic nitrogens is 1. The van der Waals surface area contributed by atoms with E-state index in [0.717, 1.165) is 42.5 Å². The van der Waals surface area contributed by atoms with Crippen LogP contribution in [0.5, 0.6) is 5.75 Å². The molecule has 152 valence electrons. The lowest BCUT2D eigenvalue weighted by atomic mass is 10.0. The minimum Gasteiger partial charge on any atom is -0.493 e. The predicted octanol–water partition coefficient (Wildman–Crippen LogP) is 4.48. The molecule has 29 heavy (non-hydrogen) atoms. The van der Waals surface area contributed by atoms with Crippen LogP contribution in [-0.4, -0.2) is 30.6 Å². The fourth-order valence-corrected chi connectivity index (χ4v) is 3.34. The number of amidine groups is 1. The molecule has 0 saturated carbocycles. The molecule has 2 aliphatic heterocycles. The molecule has 1 aromatic heterocycles. The van der Waals surface area contributed by atoms with Gasteiger partial charge < -0.3 is 14.8 Å². The first-order chi connectivity index (χ1) is 13.8. The van der Waals surface area contributed by atoms with E-state index in [1.54, 1.807) is 0 Å². The van der Waals surface area contributed by atoms with E-state index in [2.05, 4.69) is 21.9 Å². The van der Waals surface area contributed by atoms with Crippen molar-refractivity contribution in [2.45, 2.75) is 19.5 Å². The number of nitrogens with zero attached hydrogens (tertiary/aromatic N) is 2. The van der Waals surface area contributed by atoms with Gasteiger partial charge in [0.15, 0.2) is 5.84 Å². The molecular formula is C21H20F3N3O2. The fraction of sp³-hybridized carbons (Fsp3) is 0.333. The number of halogens is 3. The highest BCUT2D eigenvalue weighted by Crippen LogP contribution is 2.36. The second-order valence-electron chi connectivity index (χ2n) is 7.17. The van der Waals surface area contributed by atoms with Crippen LogP contribution >= 0.6 is 0 Å². The van der Waals surface area contributed by atoms with E-state index in [1.165, 1.54) is 0 Å². The number of aryl methyl sites for hydroxylation is 1. The van der Waals surface area contributed by atoms with Gasteiger partial charge in [0.1, 0.15) is 11.4 Å². The molecule has 3 heterocycles. The molecule has 0 aliphatic carbocycles. The van der Waals surface area contributed by atoms with Gasteiger partial charge >= 0.3 is 6.18 Å². The maximum Gasteiger partial charge on any atom is 0.416 e. The first-order valence-corrected chi connectivity index (χ1v) is 9.25. The molecule has 0 spiro atoms. The summed E-state index contributed by atoms with van der Waals surface area (Å²) in [5.41, 5.74) is 2.08. The molecule has 2 aromatic rings. The monoisotopic (exact) mass is 403 g/mol. The molecule has 1 N–H and O–H groups in total. The summed E-state index contributed by atoms with van der Waals surface area (Å²) in [6, 6.07) is 5.61. The molecule has 1 unspecified atom stereocenters. The summed E-state index contributed by atoms with van der Waals surface area (Å²) in [4.78, 5) is 8.54. The van der Waals surface area contributed by atoms with Crippen molar-refractivity contribution in [2.24, 2.45) is 10.9 Å². The predicted molar refractivity (Wildman–Crippen MR) is 103 cm³/mol. The Morgan fingerprint density at radius 3 is 2.86 bits per heavy atom. The van der Waals surface area contributed by atoms with Crippen LogP contribution in [0.1, 0.15) is 28.8 Å². The summed E-state index contributed by atoms with van der Waals surface area (Å²) in [7, 11) is 0. The highest BCUT2D eigenvalue weighted by atomic mass is 19.4. The van der Waals surface area contributed by atoms with E-state index in [-0.39, 0.29) is 11.5 Å². The number of benzene rings is 1. The summed E-state index contributed by atoms with van der Waals surface area (Å²) in [5.74, 6) is 1.31. The molecule has 1 atom stereocenters. The lowest BCUT2D eigenvalue weighted by Gasteiger charge is -2.22. The molecule has 1 fully saturated rings.